The van der Waals surface area contributed by atoms with Gasteiger partial charge in [0, 0.05) is 32.1 Å². The van der Waals surface area contributed by atoms with Crippen LogP contribution in [-0.2, 0) is 33.9 Å². The Morgan fingerprint density at radius 1 is 0.923 bits per heavy atom. The standard InChI is InChI=1S/C18H29NO7/c1-22-16(21)13-19-15(20)12-14-6-5-10-18(11-7-14)25-23-17(24-26-18)8-3-2-4-9-17/h14H,2-13H2,1H3,(H,19,20). The molecule has 2 spiro atoms. The number of hydrogen-bond donors (Lipinski definition) is 1. The summed E-state index contributed by atoms with van der Waals surface area (Å²) in [5.74, 6) is -2.00. The SMILES string of the molecule is COC(=O)CNC(=O)CC1CCCC2(CC1)OOC1(CCCCC1)OO2. The zero-order valence-corrected chi connectivity index (χ0v) is 15.4. The number of carbonyl (C=O) groups is 2. The lowest BCUT2D eigenvalue weighted by atomic mass is 9.94. The van der Waals surface area contributed by atoms with Crippen molar-refractivity contribution in [2.45, 2.75) is 82.2 Å². The second-order valence-electron chi connectivity index (χ2n) is 7.57. The van der Waals surface area contributed by atoms with Gasteiger partial charge in [0.15, 0.2) is 0 Å². The molecule has 26 heavy (non-hydrogen) atoms. The van der Waals surface area contributed by atoms with Gasteiger partial charge < -0.3 is 10.1 Å². The van der Waals surface area contributed by atoms with Gasteiger partial charge in [0.25, 0.3) is 0 Å². The van der Waals surface area contributed by atoms with Crippen molar-refractivity contribution in [3.63, 3.8) is 0 Å². The summed E-state index contributed by atoms with van der Waals surface area (Å²) in [6.45, 7) is -0.0953. The molecule has 3 aliphatic rings. The second-order valence-corrected chi connectivity index (χ2v) is 7.57. The van der Waals surface area contributed by atoms with Gasteiger partial charge in [0.2, 0.25) is 17.5 Å². The number of nitrogens with one attached hydrogen (secondary N) is 1. The third-order valence-electron chi connectivity index (χ3n) is 5.54. The zero-order valence-electron chi connectivity index (χ0n) is 15.4. The monoisotopic (exact) mass is 371 g/mol. The van der Waals surface area contributed by atoms with Crippen LogP contribution < -0.4 is 5.32 Å². The van der Waals surface area contributed by atoms with Crippen LogP contribution in [0.15, 0.2) is 0 Å². The summed E-state index contributed by atoms with van der Waals surface area (Å²) in [4.78, 5) is 45.9. The number of methoxy groups -OCH3 is 1. The van der Waals surface area contributed by atoms with Crippen molar-refractivity contribution < 1.29 is 33.9 Å². The summed E-state index contributed by atoms with van der Waals surface area (Å²) in [7, 11) is 1.30. The highest BCUT2D eigenvalue weighted by Crippen LogP contribution is 2.44. The average molecular weight is 371 g/mol. The van der Waals surface area contributed by atoms with E-state index in [1.165, 1.54) is 13.5 Å². The van der Waals surface area contributed by atoms with Crippen molar-refractivity contribution in [3.8, 4) is 0 Å². The molecule has 0 aromatic rings. The van der Waals surface area contributed by atoms with Crippen LogP contribution in [-0.4, -0.2) is 37.1 Å². The Morgan fingerprint density at radius 3 is 2.19 bits per heavy atom. The smallest absolute Gasteiger partial charge is 0.325 e. The molecule has 1 saturated heterocycles. The Kier molecular flexibility index (Phi) is 6.50. The van der Waals surface area contributed by atoms with Crippen LogP contribution in [0.1, 0.15) is 70.6 Å². The van der Waals surface area contributed by atoms with Crippen LogP contribution in [0.4, 0.5) is 0 Å². The molecular formula is C18H29NO7. The van der Waals surface area contributed by atoms with Gasteiger partial charge in [-0.2, -0.15) is 19.6 Å². The minimum Gasteiger partial charge on any atom is -0.468 e. The second kappa shape index (κ2) is 8.65. The number of esters is 1. The molecule has 0 aromatic heterocycles. The molecule has 1 amide bonds. The third kappa shape index (κ3) is 4.94. The number of amides is 1. The fourth-order valence-corrected chi connectivity index (χ4v) is 3.89. The Balaban J connectivity index is 1.45. The van der Waals surface area contributed by atoms with Crippen molar-refractivity contribution in [1.82, 2.24) is 5.32 Å². The number of ether oxygens (including phenoxy) is 1. The summed E-state index contributed by atoms with van der Waals surface area (Å²) in [5.41, 5.74) is 0. The molecule has 1 N–H and O–H groups in total. The van der Waals surface area contributed by atoms with Crippen LogP contribution in [0.3, 0.4) is 0 Å². The molecule has 1 aliphatic heterocycles. The lowest BCUT2D eigenvalue weighted by Crippen LogP contribution is -2.51. The van der Waals surface area contributed by atoms with Gasteiger partial charge in [-0.25, -0.2) is 0 Å². The maximum absolute atomic E-state index is 12.0. The van der Waals surface area contributed by atoms with Gasteiger partial charge in [-0.05, 0) is 38.0 Å². The Morgan fingerprint density at radius 2 is 1.54 bits per heavy atom. The van der Waals surface area contributed by atoms with Crippen molar-refractivity contribution in [1.29, 1.82) is 0 Å². The highest BCUT2D eigenvalue weighted by atomic mass is 17.4. The predicted molar refractivity (Wildman–Crippen MR) is 89.1 cm³/mol. The Bertz CT molecular complexity index is 494. The molecule has 8 heteroatoms. The normalized spacial score (nSPS) is 27.7. The molecule has 8 nitrogen and oxygen atoms in total. The largest absolute Gasteiger partial charge is 0.468 e. The number of hydrogen-bond acceptors (Lipinski definition) is 7. The molecule has 148 valence electrons. The highest BCUT2D eigenvalue weighted by Gasteiger charge is 2.49. The quantitative estimate of drug-likeness (QED) is 0.599. The number of carbonyl (C=O) groups excluding carboxylic acids is 2. The van der Waals surface area contributed by atoms with Gasteiger partial charge in [-0.3, -0.25) is 9.59 Å². The molecule has 3 rings (SSSR count). The van der Waals surface area contributed by atoms with E-state index in [0.717, 1.165) is 44.9 Å². The zero-order chi connectivity index (χ0) is 18.5. The molecule has 0 radical (unpaired) electrons. The molecule has 1 unspecified atom stereocenters. The summed E-state index contributed by atoms with van der Waals surface area (Å²) < 4.78 is 4.52. The third-order valence-corrected chi connectivity index (χ3v) is 5.54. The first-order valence-corrected chi connectivity index (χ1v) is 9.62. The van der Waals surface area contributed by atoms with Crippen LogP contribution in [0, 0.1) is 5.92 Å². The summed E-state index contributed by atoms with van der Waals surface area (Å²) in [6.07, 6.45) is 9.01. The lowest BCUT2D eigenvalue weighted by Gasteiger charge is -2.44. The van der Waals surface area contributed by atoms with Gasteiger partial charge >= 0.3 is 5.97 Å². The van der Waals surface area contributed by atoms with E-state index in [2.05, 4.69) is 10.1 Å². The minimum atomic E-state index is -0.875. The van der Waals surface area contributed by atoms with E-state index in [1.54, 1.807) is 0 Å². The summed E-state index contributed by atoms with van der Waals surface area (Å²) >= 11 is 0. The van der Waals surface area contributed by atoms with E-state index >= 15 is 0 Å². The van der Waals surface area contributed by atoms with Crippen LogP contribution in [0.2, 0.25) is 0 Å². The van der Waals surface area contributed by atoms with Gasteiger partial charge in [0.1, 0.15) is 6.54 Å². The van der Waals surface area contributed by atoms with E-state index in [9.17, 15) is 9.59 Å². The van der Waals surface area contributed by atoms with Gasteiger partial charge in [-0.15, -0.1) is 0 Å². The molecule has 3 fully saturated rings. The van der Waals surface area contributed by atoms with Crippen molar-refractivity contribution in [3.05, 3.63) is 0 Å². The molecule has 1 heterocycles. The number of rotatable bonds is 4. The first-order chi connectivity index (χ1) is 12.5. The topological polar surface area (TPSA) is 92.3 Å². The van der Waals surface area contributed by atoms with Crippen LogP contribution >= 0.6 is 0 Å². The summed E-state index contributed by atoms with van der Waals surface area (Å²) in [6, 6.07) is 0. The Labute approximate surface area is 153 Å². The van der Waals surface area contributed by atoms with Gasteiger partial charge in [-0.1, -0.05) is 6.42 Å². The summed E-state index contributed by atoms with van der Waals surface area (Å²) in [5, 5.41) is 2.59. The molecule has 2 saturated carbocycles. The molecule has 2 aliphatic carbocycles. The van der Waals surface area contributed by atoms with E-state index < -0.39 is 17.5 Å². The van der Waals surface area contributed by atoms with E-state index in [-0.39, 0.29) is 18.4 Å². The average Bonchev–Trinajstić information content (AvgIpc) is 2.86. The first kappa shape index (κ1) is 19.5. The van der Waals surface area contributed by atoms with Crippen molar-refractivity contribution in [2.75, 3.05) is 13.7 Å². The van der Waals surface area contributed by atoms with E-state index in [1.807, 2.05) is 0 Å². The van der Waals surface area contributed by atoms with Crippen LogP contribution in [0.25, 0.3) is 0 Å². The van der Waals surface area contributed by atoms with Crippen molar-refractivity contribution >= 4 is 11.9 Å². The molecule has 1 atom stereocenters. The highest BCUT2D eigenvalue weighted by molar-refractivity contribution is 5.81. The molecular weight excluding hydrogens is 342 g/mol. The fourth-order valence-electron chi connectivity index (χ4n) is 3.89. The lowest BCUT2D eigenvalue weighted by molar-refractivity contribution is -0.661. The predicted octanol–water partition coefficient (Wildman–Crippen LogP) is 2.51. The molecule has 0 aromatic carbocycles. The van der Waals surface area contributed by atoms with Crippen LogP contribution in [0.5, 0.6) is 0 Å². The first-order valence-electron chi connectivity index (χ1n) is 9.62. The van der Waals surface area contributed by atoms with E-state index in [0.29, 0.717) is 19.3 Å². The maximum Gasteiger partial charge on any atom is 0.325 e. The Hall–Kier alpha value is -1.22. The minimum absolute atomic E-state index is 0.0953. The maximum atomic E-state index is 12.0. The van der Waals surface area contributed by atoms with Crippen molar-refractivity contribution in [2.24, 2.45) is 5.92 Å². The molecule has 0 bridgehead atoms. The van der Waals surface area contributed by atoms with E-state index in [4.69, 9.17) is 19.6 Å². The van der Waals surface area contributed by atoms with Gasteiger partial charge in [0.05, 0.1) is 7.11 Å². The fraction of sp³-hybridized carbons (Fsp3) is 0.889.